The first-order valence-corrected chi connectivity index (χ1v) is 7.57. The van der Waals surface area contributed by atoms with E-state index in [9.17, 15) is 4.79 Å². The summed E-state index contributed by atoms with van der Waals surface area (Å²) in [7, 11) is 3.73. The molecule has 120 valence electrons. The van der Waals surface area contributed by atoms with Crippen LogP contribution in [-0.4, -0.2) is 30.5 Å². The first kappa shape index (κ1) is 16.2. The van der Waals surface area contributed by atoms with Crippen LogP contribution in [0, 0.1) is 5.92 Å². The molecule has 0 aliphatic heterocycles. The van der Waals surface area contributed by atoms with Gasteiger partial charge in [-0.25, -0.2) is 4.98 Å². The van der Waals surface area contributed by atoms with Crippen molar-refractivity contribution in [3.63, 3.8) is 0 Å². The zero-order valence-electron chi connectivity index (χ0n) is 13.7. The van der Waals surface area contributed by atoms with Gasteiger partial charge >= 0.3 is 0 Å². The van der Waals surface area contributed by atoms with Crippen molar-refractivity contribution in [2.75, 3.05) is 0 Å². The van der Waals surface area contributed by atoms with Gasteiger partial charge in [0.1, 0.15) is 12.2 Å². The molecule has 2 aromatic heterocycles. The van der Waals surface area contributed by atoms with Crippen LogP contribution >= 0.6 is 0 Å². The minimum absolute atomic E-state index is 0.0230. The van der Waals surface area contributed by atoms with Crippen molar-refractivity contribution < 1.29 is 4.79 Å². The maximum absolute atomic E-state index is 12.2. The topological polar surface area (TPSA) is 77.6 Å². The zero-order chi connectivity index (χ0) is 16.1. The lowest BCUT2D eigenvalue weighted by molar-refractivity contribution is -0.122. The van der Waals surface area contributed by atoms with E-state index in [0.29, 0.717) is 18.8 Å². The minimum Gasteiger partial charge on any atom is -0.346 e. The smallest absolute Gasteiger partial charge is 0.220 e. The first-order valence-electron chi connectivity index (χ1n) is 7.57. The van der Waals surface area contributed by atoms with Crippen molar-refractivity contribution >= 4 is 5.91 Å². The second kappa shape index (κ2) is 7.20. The maximum Gasteiger partial charge on any atom is 0.220 e. The lowest BCUT2D eigenvalue weighted by Gasteiger charge is -2.19. The summed E-state index contributed by atoms with van der Waals surface area (Å²) in [5, 5.41) is 11.3. The van der Waals surface area contributed by atoms with E-state index in [0.717, 1.165) is 17.9 Å². The van der Waals surface area contributed by atoms with Crippen LogP contribution in [0.25, 0.3) is 0 Å². The third-order valence-electron chi connectivity index (χ3n) is 3.63. The molecule has 0 saturated heterocycles. The van der Waals surface area contributed by atoms with Crippen molar-refractivity contribution in [3.05, 3.63) is 30.1 Å². The van der Waals surface area contributed by atoms with Gasteiger partial charge in [0, 0.05) is 32.4 Å². The van der Waals surface area contributed by atoms with Gasteiger partial charge in [-0.05, 0) is 24.8 Å². The summed E-state index contributed by atoms with van der Waals surface area (Å²) in [6.07, 6.45) is 5.21. The van der Waals surface area contributed by atoms with Gasteiger partial charge in [-0.2, -0.15) is 10.2 Å². The van der Waals surface area contributed by atoms with E-state index in [-0.39, 0.29) is 11.9 Å². The number of amides is 1. The molecule has 1 N–H and O–H groups in total. The van der Waals surface area contributed by atoms with E-state index in [2.05, 4.69) is 34.3 Å². The van der Waals surface area contributed by atoms with E-state index in [4.69, 9.17) is 0 Å². The highest BCUT2D eigenvalue weighted by Gasteiger charge is 2.20. The van der Waals surface area contributed by atoms with Crippen LogP contribution in [0.15, 0.2) is 18.6 Å². The molecule has 1 amide bonds. The van der Waals surface area contributed by atoms with Gasteiger partial charge in [0.25, 0.3) is 0 Å². The maximum atomic E-state index is 12.2. The van der Waals surface area contributed by atoms with Crippen molar-refractivity contribution in [3.8, 4) is 0 Å². The average molecular weight is 304 g/mol. The number of aromatic nitrogens is 5. The number of hydrogen-bond acceptors (Lipinski definition) is 4. The summed E-state index contributed by atoms with van der Waals surface area (Å²) in [6.45, 7) is 4.26. The van der Waals surface area contributed by atoms with Gasteiger partial charge < -0.3 is 5.32 Å². The predicted octanol–water partition coefficient (Wildman–Crippen LogP) is 1.38. The Labute approximate surface area is 130 Å². The third-order valence-corrected chi connectivity index (χ3v) is 3.63. The molecule has 0 radical (unpaired) electrons. The Kier molecular flexibility index (Phi) is 5.30. The number of nitrogens with zero attached hydrogens (tertiary/aromatic N) is 5. The molecule has 7 heteroatoms. The summed E-state index contributed by atoms with van der Waals surface area (Å²) >= 11 is 0. The Hall–Kier alpha value is -2.18. The number of carbonyl (C=O) groups excluding carboxylic acids is 1. The van der Waals surface area contributed by atoms with Gasteiger partial charge in [-0.1, -0.05) is 13.8 Å². The van der Waals surface area contributed by atoms with Crippen LogP contribution in [0.5, 0.6) is 0 Å². The third kappa shape index (κ3) is 4.16. The van der Waals surface area contributed by atoms with Crippen LogP contribution in [0.2, 0.25) is 0 Å². The molecule has 2 aromatic rings. The zero-order valence-corrected chi connectivity index (χ0v) is 13.7. The van der Waals surface area contributed by atoms with Crippen molar-refractivity contribution in [1.82, 2.24) is 29.9 Å². The van der Waals surface area contributed by atoms with Gasteiger partial charge in [-0.3, -0.25) is 14.2 Å². The SMILES string of the molecule is CC(C)C[C@@H](NC(=O)CCc1ccnn1C)c1ncnn1C. The molecule has 0 aliphatic rings. The molecule has 0 saturated carbocycles. The summed E-state index contributed by atoms with van der Waals surface area (Å²) in [5.74, 6) is 1.27. The van der Waals surface area contributed by atoms with Crippen molar-refractivity contribution in [2.45, 2.75) is 39.2 Å². The summed E-state index contributed by atoms with van der Waals surface area (Å²) < 4.78 is 3.51. The molecule has 2 heterocycles. The summed E-state index contributed by atoms with van der Waals surface area (Å²) in [6, 6.07) is 1.83. The van der Waals surface area contributed by atoms with Crippen LogP contribution in [0.4, 0.5) is 0 Å². The lowest BCUT2D eigenvalue weighted by atomic mass is 10.0. The largest absolute Gasteiger partial charge is 0.346 e. The molecule has 0 unspecified atom stereocenters. The molecule has 0 fully saturated rings. The normalized spacial score (nSPS) is 12.6. The molecule has 0 bridgehead atoms. The molecular weight excluding hydrogens is 280 g/mol. The fourth-order valence-corrected chi connectivity index (χ4v) is 2.48. The predicted molar refractivity (Wildman–Crippen MR) is 82.9 cm³/mol. The molecule has 0 aromatic carbocycles. The van der Waals surface area contributed by atoms with Crippen LogP contribution in [0.3, 0.4) is 0 Å². The number of hydrogen-bond donors (Lipinski definition) is 1. The quantitative estimate of drug-likeness (QED) is 0.838. The first-order chi connectivity index (χ1) is 10.5. The highest BCUT2D eigenvalue weighted by molar-refractivity contribution is 5.76. The van der Waals surface area contributed by atoms with Crippen LogP contribution in [0.1, 0.15) is 44.2 Å². The van der Waals surface area contributed by atoms with Gasteiger partial charge in [0.2, 0.25) is 5.91 Å². The number of rotatable bonds is 7. The Bertz CT molecular complexity index is 615. The Morgan fingerprint density at radius 2 is 2.05 bits per heavy atom. The van der Waals surface area contributed by atoms with E-state index in [1.807, 2.05) is 20.2 Å². The van der Waals surface area contributed by atoms with Crippen molar-refractivity contribution in [1.29, 1.82) is 0 Å². The van der Waals surface area contributed by atoms with E-state index >= 15 is 0 Å². The van der Waals surface area contributed by atoms with Crippen LogP contribution in [-0.2, 0) is 25.3 Å². The molecule has 0 spiro atoms. The van der Waals surface area contributed by atoms with Gasteiger partial charge in [-0.15, -0.1) is 0 Å². The fourth-order valence-electron chi connectivity index (χ4n) is 2.48. The van der Waals surface area contributed by atoms with Gasteiger partial charge in [0.15, 0.2) is 0 Å². The molecule has 7 nitrogen and oxygen atoms in total. The van der Waals surface area contributed by atoms with Crippen LogP contribution < -0.4 is 5.32 Å². The monoisotopic (exact) mass is 304 g/mol. The molecular formula is C15H24N6O. The Balaban J connectivity index is 1.96. The fraction of sp³-hybridized carbons (Fsp3) is 0.600. The van der Waals surface area contributed by atoms with E-state index in [1.165, 1.54) is 6.33 Å². The molecule has 22 heavy (non-hydrogen) atoms. The average Bonchev–Trinajstić information content (AvgIpc) is 3.04. The standard InChI is InChI=1S/C15H24N6O/c1-11(2)9-13(15-16-10-18-21(15)4)19-14(22)6-5-12-7-8-17-20(12)3/h7-8,10-11,13H,5-6,9H2,1-4H3,(H,19,22)/t13-/m1/s1. The number of nitrogens with one attached hydrogen (secondary N) is 1. The number of aryl methyl sites for hydroxylation is 3. The van der Waals surface area contributed by atoms with E-state index in [1.54, 1.807) is 15.6 Å². The molecule has 1 atom stereocenters. The second-order valence-corrected chi connectivity index (χ2v) is 5.94. The Morgan fingerprint density at radius 3 is 2.59 bits per heavy atom. The van der Waals surface area contributed by atoms with Crippen molar-refractivity contribution in [2.24, 2.45) is 20.0 Å². The second-order valence-electron chi connectivity index (χ2n) is 5.94. The highest BCUT2D eigenvalue weighted by Crippen LogP contribution is 2.19. The minimum atomic E-state index is -0.105. The summed E-state index contributed by atoms with van der Waals surface area (Å²) in [4.78, 5) is 16.5. The summed E-state index contributed by atoms with van der Waals surface area (Å²) in [5.41, 5.74) is 1.05. The Morgan fingerprint density at radius 1 is 1.27 bits per heavy atom. The van der Waals surface area contributed by atoms with Gasteiger partial charge in [0.05, 0.1) is 6.04 Å². The highest BCUT2D eigenvalue weighted by atomic mass is 16.1. The molecule has 2 rings (SSSR count). The number of carbonyl (C=O) groups is 1. The molecule has 0 aliphatic carbocycles. The lowest BCUT2D eigenvalue weighted by Crippen LogP contribution is -2.31. The van der Waals surface area contributed by atoms with E-state index < -0.39 is 0 Å².